The summed E-state index contributed by atoms with van der Waals surface area (Å²) in [6.07, 6.45) is 9.31. The molecule has 8 atom stereocenters. The van der Waals surface area contributed by atoms with E-state index in [1.54, 1.807) is 14.0 Å². The minimum Gasteiger partial charge on any atom is -0.387 e. The summed E-state index contributed by atoms with van der Waals surface area (Å²) in [5, 5.41) is 10.8. The van der Waals surface area contributed by atoms with E-state index in [1.165, 1.54) is 32.1 Å². The molecule has 0 unspecified atom stereocenters. The third-order valence-corrected chi connectivity index (χ3v) is 8.73. The third kappa shape index (κ3) is 2.41. The number of carbonyl (C=O) groups excluding carboxylic acids is 1. The van der Waals surface area contributed by atoms with Gasteiger partial charge in [0, 0.05) is 13.0 Å². The molecule has 4 aliphatic carbocycles. The van der Waals surface area contributed by atoms with Crippen LogP contribution in [0.3, 0.4) is 0 Å². The fourth-order valence-electron chi connectivity index (χ4n) is 7.58. The van der Waals surface area contributed by atoms with Crippen LogP contribution in [-0.4, -0.2) is 30.2 Å². The lowest BCUT2D eigenvalue weighted by Gasteiger charge is -2.65. The van der Waals surface area contributed by atoms with Crippen LogP contribution in [-0.2, 0) is 9.53 Å². The molecule has 136 valence electrons. The fraction of sp³-hybridized carbons (Fsp3) is 0.952. The second-order valence-electron chi connectivity index (χ2n) is 9.78. The van der Waals surface area contributed by atoms with Crippen LogP contribution < -0.4 is 0 Å². The molecule has 0 heterocycles. The maximum Gasteiger partial charge on any atom is 0.133 e. The molecule has 0 aromatic rings. The number of carbonyl (C=O) groups is 1. The largest absolute Gasteiger partial charge is 0.387 e. The number of fused-ring (bicyclic) bond motifs is 5. The lowest BCUT2D eigenvalue weighted by atomic mass is 9.40. The summed E-state index contributed by atoms with van der Waals surface area (Å²) >= 11 is 0. The first-order valence-corrected chi connectivity index (χ1v) is 10.1. The summed E-state index contributed by atoms with van der Waals surface area (Å²) in [4.78, 5) is 12.0. The molecule has 0 aromatic heterocycles. The molecular formula is C21H34O3. The van der Waals surface area contributed by atoms with Gasteiger partial charge in [0.2, 0.25) is 0 Å². The Balaban J connectivity index is 1.47. The number of hydrogen-bond acceptors (Lipinski definition) is 3. The standard InChI is InChI=1S/C21H34O3/c1-13(22)18-10-19-17-5-4-14-11-21(23,12-24-3)9-7-15(14)16(17)6-8-20(18,19)2/h14-19,23H,4-12H2,1-3H3/t14-,15+,16-,17-,18+,19+,20-,21-/m1/s1. The quantitative estimate of drug-likeness (QED) is 0.853. The van der Waals surface area contributed by atoms with Gasteiger partial charge in [-0.3, -0.25) is 4.79 Å². The van der Waals surface area contributed by atoms with Crippen molar-refractivity contribution < 1.29 is 14.6 Å². The molecule has 4 aliphatic rings. The van der Waals surface area contributed by atoms with Gasteiger partial charge in [-0.25, -0.2) is 0 Å². The van der Waals surface area contributed by atoms with Crippen molar-refractivity contribution in [3.8, 4) is 0 Å². The summed E-state index contributed by atoms with van der Waals surface area (Å²) in [6, 6.07) is 0. The molecule has 0 saturated heterocycles. The summed E-state index contributed by atoms with van der Waals surface area (Å²) in [7, 11) is 1.70. The minimum atomic E-state index is -0.581. The van der Waals surface area contributed by atoms with Gasteiger partial charge < -0.3 is 9.84 Å². The number of ketones is 1. The van der Waals surface area contributed by atoms with Gasteiger partial charge in [-0.15, -0.1) is 0 Å². The third-order valence-electron chi connectivity index (χ3n) is 8.73. The van der Waals surface area contributed by atoms with Crippen molar-refractivity contribution in [3.05, 3.63) is 0 Å². The maximum absolute atomic E-state index is 12.0. The normalized spacial score (nSPS) is 53.3. The number of hydrogen-bond donors (Lipinski definition) is 1. The minimum absolute atomic E-state index is 0.297. The molecule has 0 aromatic carbocycles. The lowest BCUT2D eigenvalue weighted by molar-refractivity contribution is -0.178. The van der Waals surface area contributed by atoms with Crippen LogP contribution in [0.15, 0.2) is 0 Å². The van der Waals surface area contributed by atoms with Crippen molar-refractivity contribution in [2.75, 3.05) is 13.7 Å². The van der Waals surface area contributed by atoms with Gasteiger partial charge >= 0.3 is 0 Å². The predicted molar refractivity (Wildman–Crippen MR) is 93.5 cm³/mol. The Labute approximate surface area is 146 Å². The molecule has 3 heteroatoms. The van der Waals surface area contributed by atoms with Gasteiger partial charge in [0.25, 0.3) is 0 Å². The van der Waals surface area contributed by atoms with Crippen LogP contribution in [0, 0.1) is 40.9 Å². The molecule has 4 fully saturated rings. The molecule has 0 radical (unpaired) electrons. The predicted octanol–water partition coefficient (Wildman–Crippen LogP) is 3.83. The molecule has 4 saturated carbocycles. The van der Waals surface area contributed by atoms with Crippen LogP contribution in [0.25, 0.3) is 0 Å². The van der Waals surface area contributed by atoms with E-state index in [1.807, 2.05) is 0 Å². The van der Waals surface area contributed by atoms with E-state index in [9.17, 15) is 9.90 Å². The summed E-state index contributed by atoms with van der Waals surface area (Å²) in [5.74, 6) is 4.72. The summed E-state index contributed by atoms with van der Waals surface area (Å²) in [5.41, 5.74) is -0.284. The van der Waals surface area contributed by atoms with E-state index in [-0.39, 0.29) is 0 Å². The Kier molecular flexibility index (Phi) is 4.12. The molecule has 0 amide bonds. The zero-order valence-electron chi connectivity index (χ0n) is 15.6. The number of Topliss-reactive ketones (excluding diaryl/α,β-unsaturated/α-hetero) is 1. The molecule has 0 aliphatic heterocycles. The average molecular weight is 335 g/mol. The smallest absolute Gasteiger partial charge is 0.133 e. The van der Waals surface area contributed by atoms with Gasteiger partial charge in [-0.1, -0.05) is 6.92 Å². The summed E-state index contributed by atoms with van der Waals surface area (Å²) in [6.45, 7) is 4.69. The van der Waals surface area contributed by atoms with Crippen molar-refractivity contribution in [2.24, 2.45) is 40.9 Å². The van der Waals surface area contributed by atoms with E-state index in [0.29, 0.717) is 29.6 Å². The van der Waals surface area contributed by atoms with Crippen molar-refractivity contribution in [2.45, 2.75) is 70.8 Å². The molecule has 0 spiro atoms. The zero-order valence-corrected chi connectivity index (χ0v) is 15.6. The molecule has 4 rings (SSSR count). The van der Waals surface area contributed by atoms with Gasteiger partial charge in [-0.05, 0) is 93.3 Å². The average Bonchev–Trinajstić information content (AvgIpc) is 2.50. The van der Waals surface area contributed by atoms with Crippen LogP contribution in [0.4, 0.5) is 0 Å². The number of methoxy groups -OCH3 is 1. The lowest BCUT2D eigenvalue weighted by Crippen LogP contribution is -2.60. The highest BCUT2D eigenvalue weighted by atomic mass is 16.5. The van der Waals surface area contributed by atoms with Crippen molar-refractivity contribution >= 4 is 5.78 Å². The van der Waals surface area contributed by atoms with Crippen molar-refractivity contribution in [3.63, 3.8) is 0 Å². The second-order valence-corrected chi connectivity index (χ2v) is 9.78. The molecule has 24 heavy (non-hydrogen) atoms. The maximum atomic E-state index is 12.0. The van der Waals surface area contributed by atoms with E-state index in [0.717, 1.165) is 42.9 Å². The number of rotatable bonds is 3. The highest BCUT2D eigenvalue weighted by Gasteiger charge is 2.61. The first kappa shape index (κ1) is 17.0. The van der Waals surface area contributed by atoms with Crippen LogP contribution in [0.1, 0.15) is 65.2 Å². The highest BCUT2D eigenvalue weighted by Crippen LogP contribution is 2.67. The first-order valence-electron chi connectivity index (χ1n) is 10.1. The van der Waals surface area contributed by atoms with E-state index in [2.05, 4.69) is 6.92 Å². The van der Waals surface area contributed by atoms with Gasteiger partial charge in [0.15, 0.2) is 0 Å². The Morgan fingerprint density at radius 3 is 2.58 bits per heavy atom. The number of ether oxygens (including phenoxy) is 1. The molecule has 1 N–H and O–H groups in total. The first-order chi connectivity index (χ1) is 11.4. The zero-order chi connectivity index (χ0) is 17.1. The Bertz CT molecular complexity index is 517. The van der Waals surface area contributed by atoms with Gasteiger partial charge in [-0.2, -0.15) is 0 Å². The monoisotopic (exact) mass is 334 g/mol. The Hall–Kier alpha value is -0.410. The highest BCUT2D eigenvalue weighted by molar-refractivity contribution is 5.80. The second kappa shape index (κ2) is 5.81. The van der Waals surface area contributed by atoms with Crippen LogP contribution in [0.2, 0.25) is 0 Å². The molecule has 0 bridgehead atoms. The SMILES string of the molecule is COC[C@@]1(O)CC[C@H]2[C@H](CC[C@@H]3[C@@H]2CC[C@]2(C)[C@H](C(C)=O)C[C@@H]32)C1. The molecular weight excluding hydrogens is 300 g/mol. The van der Waals surface area contributed by atoms with E-state index >= 15 is 0 Å². The van der Waals surface area contributed by atoms with Crippen LogP contribution >= 0.6 is 0 Å². The Morgan fingerprint density at radius 1 is 1.12 bits per heavy atom. The van der Waals surface area contributed by atoms with Gasteiger partial charge in [0.1, 0.15) is 5.78 Å². The topological polar surface area (TPSA) is 46.5 Å². The Morgan fingerprint density at radius 2 is 1.88 bits per heavy atom. The van der Waals surface area contributed by atoms with E-state index in [4.69, 9.17) is 4.74 Å². The van der Waals surface area contributed by atoms with Crippen LogP contribution in [0.5, 0.6) is 0 Å². The van der Waals surface area contributed by atoms with E-state index < -0.39 is 5.60 Å². The number of aliphatic hydroxyl groups is 1. The van der Waals surface area contributed by atoms with Crippen molar-refractivity contribution in [1.29, 1.82) is 0 Å². The summed E-state index contributed by atoms with van der Waals surface area (Å²) < 4.78 is 5.28. The molecule has 3 nitrogen and oxygen atoms in total. The fourth-order valence-corrected chi connectivity index (χ4v) is 7.58. The van der Waals surface area contributed by atoms with Gasteiger partial charge in [0.05, 0.1) is 12.2 Å². The van der Waals surface area contributed by atoms with Crippen molar-refractivity contribution in [1.82, 2.24) is 0 Å².